The van der Waals surface area contributed by atoms with Crippen LogP contribution >= 0.6 is 11.8 Å². The molecular formula is C15H15NO3S. The Morgan fingerprint density at radius 3 is 2.45 bits per heavy atom. The maximum atomic E-state index is 10.8. The molecule has 0 saturated carbocycles. The summed E-state index contributed by atoms with van der Waals surface area (Å²) in [6.07, 6.45) is -0.0666. The molecule has 0 saturated heterocycles. The van der Waals surface area contributed by atoms with Crippen molar-refractivity contribution in [1.29, 1.82) is 0 Å². The fourth-order valence-corrected chi connectivity index (χ4v) is 2.62. The van der Waals surface area contributed by atoms with Crippen molar-refractivity contribution in [2.45, 2.75) is 16.2 Å². The number of anilines is 1. The van der Waals surface area contributed by atoms with Crippen LogP contribution in [0.2, 0.25) is 0 Å². The zero-order valence-corrected chi connectivity index (χ0v) is 11.8. The van der Waals surface area contributed by atoms with E-state index in [9.17, 15) is 4.79 Å². The van der Waals surface area contributed by atoms with E-state index in [2.05, 4.69) is 0 Å². The molecule has 0 aromatic heterocycles. The Morgan fingerprint density at radius 1 is 1.20 bits per heavy atom. The summed E-state index contributed by atoms with van der Waals surface area (Å²) in [6, 6.07) is 13.1. The number of ether oxygens (including phenoxy) is 1. The lowest BCUT2D eigenvalue weighted by atomic mass is 10.1. The first-order chi connectivity index (χ1) is 9.58. The molecule has 0 fully saturated rings. The van der Waals surface area contributed by atoms with Crippen LogP contribution in [0, 0.1) is 0 Å². The van der Waals surface area contributed by atoms with Gasteiger partial charge in [-0.2, -0.15) is 0 Å². The van der Waals surface area contributed by atoms with Gasteiger partial charge in [-0.3, -0.25) is 4.79 Å². The molecule has 2 aromatic rings. The highest BCUT2D eigenvalue weighted by atomic mass is 32.2. The second kappa shape index (κ2) is 6.34. The summed E-state index contributed by atoms with van der Waals surface area (Å²) in [5, 5.41) is 8.85. The Labute approximate surface area is 121 Å². The van der Waals surface area contributed by atoms with Gasteiger partial charge in [0.15, 0.2) is 0 Å². The number of hydrogen-bond donors (Lipinski definition) is 2. The summed E-state index contributed by atoms with van der Waals surface area (Å²) in [5.74, 6) is -0.0819. The minimum absolute atomic E-state index is 0.0666. The van der Waals surface area contributed by atoms with Crippen molar-refractivity contribution in [2.24, 2.45) is 0 Å². The van der Waals surface area contributed by atoms with Gasteiger partial charge >= 0.3 is 5.97 Å². The lowest BCUT2D eigenvalue weighted by Crippen LogP contribution is -2.03. The van der Waals surface area contributed by atoms with Gasteiger partial charge in [0, 0.05) is 15.5 Å². The maximum absolute atomic E-state index is 10.8. The Balaban J connectivity index is 2.18. The van der Waals surface area contributed by atoms with Crippen molar-refractivity contribution in [1.82, 2.24) is 0 Å². The topological polar surface area (TPSA) is 72.5 Å². The van der Waals surface area contributed by atoms with Gasteiger partial charge in [0.2, 0.25) is 0 Å². The van der Waals surface area contributed by atoms with Crippen LogP contribution in [0.25, 0.3) is 0 Å². The molecule has 0 heterocycles. The molecule has 0 spiro atoms. The summed E-state index contributed by atoms with van der Waals surface area (Å²) < 4.78 is 5.11. The SMILES string of the molecule is COc1ccc(Sc2ccc(N)c(CC(=O)O)c2)cc1. The maximum Gasteiger partial charge on any atom is 0.307 e. The van der Waals surface area contributed by atoms with Crippen molar-refractivity contribution < 1.29 is 14.6 Å². The lowest BCUT2D eigenvalue weighted by molar-refractivity contribution is -0.136. The fourth-order valence-electron chi connectivity index (χ4n) is 1.74. The van der Waals surface area contributed by atoms with Crippen LogP contribution in [-0.2, 0) is 11.2 Å². The van der Waals surface area contributed by atoms with Crippen LogP contribution in [0.3, 0.4) is 0 Å². The third-order valence-electron chi connectivity index (χ3n) is 2.75. The quantitative estimate of drug-likeness (QED) is 0.828. The molecule has 0 radical (unpaired) electrons. The van der Waals surface area contributed by atoms with E-state index < -0.39 is 5.97 Å². The van der Waals surface area contributed by atoms with E-state index >= 15 is 0 Å². The molecule has 0 atom stereocenters. The molecule has 0 aliphatic rings. The van der Waals surface area contributed by atoms with Gasteiger partial charge < -0.3 is 15.6 Å². The summed E-state index contributed by atoms with van der Waals surface area (Å²) in [6.45, 7) is 0. The highest BCUT2D eigenvalue weighted by Gasteiger charge is 2.07. The molecule has 104 valence electrons. The predicted molar refractivity (Wildman–Crippen MR) is 79.3 cm³/mol. The predicted octanol–water partition coefficient (Wildman–Crippen LogP) is 3.06. The zero-order chi connectivity index (χ0) is 14.5. The summed E-state index contributed by atoms with van der Waals surface area (Å²) >= 11 is 1.55. The number of rotatable bonds is 5. The number of carboxylic acids is 1. The largest absolute Gasteiger partial charge is 0.497 e. The molecule has 0 bridgehead atoms. The first kappa shape index (κ1) is 14.3. The van der Waals surface area contributed by atoms with Gasteiger partial charge in [-0.1, -0.05) is 11.8 Å². The molecule has 20 heavy (non-hydrogen) atoms. The molecule has 3 N–H and O–H groups in total. The number of hydrogen-bond acceptors (Lipinski definition) is 4. The van der Waals surface area contributed by atoms with E-state index in [-0.39, 0.29) is 6.42 Å². The Kier molecular flexibility index (Phi) is 4.53. The van der Waals surface area contributed by atoms with Crippen molar-refractivity contribution >= 4 is 23.4 Å². The van der Waals surface area contributed by atoms with Crippen LogP contribution < -0.4 is 10.5 Å². The van der Waals surface area contributed by atoms with Crippen molar-refractivity contribution in [3.05, 3.63) is 48.0 Å². The first-order valence-corrected chi connectivity index (χ1v) is 6.82. The van der Waals surface area contributed by atoms with Gasteiger partial charge in [-0.25, -0.2) is 0 Å². The van der Waals surface area contributed by atoms with Crippen molar-refractivity contribution in [3.63, 3.8) is 0 Å². The Morgan fingerprint density at radius 2 is 1.85 bits per heavy atom. The molecule has 5 heteroatoms. The van der Waals surface area contributed by atoms with E-state index in [0.29, 0.717) is 11.3 Å². The van der Waals surface area contributed by atoms with Crippen LogP contribution in [-0.4, -0.2) is 18.2 Å². The number of benzene rings is 2. The summed E-state index contributed by atoms with van der Waals surface area (Å²) in [7, 11) is 1.63. The lowest BCUT2D eigenvalue weighted by Gasteiger charge is -2.07. The van der Waals surface area contributed by atoms with Crippen LogP contribution in [0.4, 0.5) is 5.69 Å². The van der Waals surface area contributed by atoms with Gasteiger partial charge in [0.25, 0.3) is 0 Å². The highest BCUT2D eigenvalue weighted by Crippen LogP contribution is 2.31. The smallest absolute Gasteiger partial charge is 0.307 e. The standard InChI is InChI=1S/C15H15NO3S/c1-19-11-2-4-12(5-3-11)20-13-6-7-14(16)10(8-13)9-15(17)18/h2-8H,9,16H2,1H3,(H,17,18). The van der Waals surface area contributed by atoms with Crippen LogP contribution in [0.1, 0.15) is 5.56 Å². The molecule has 0 aliphatic heterocycles. The van der Waals surface area contributed by atoms with E-state index in [1.807, 2.05) is 36.4 Å². The monoisotopic (exact) mass is 289 g/mol. The third-order valence-corrected chi connectivity index (χ3v) is 3.75. The van der Waals surface area contributed by atoms with Crippen molar-refractivity contribution in [2.75, 3.05) is 12.8 Å². The molecule has 0 aliphatic carbocycles. The van der Waals surface area contributed by atoms with E-state index in [1.54, 1.807) is 24.9 Å². The zero-order valence-electron chi connectivity index (χ0n) is 11.0. The minimum Gasteiger partial charge on any atom is -0.497 e. The fraction of sp³-hybridized carbons (Fsp3) is 0.133. The number of aliphatic carboxylic acids is 1. The molecule has 4 nitrogen and oxygen atoms in total. The number of nitrogen functional groups attached to an aromatic ring is 1. The second-order valence-corrected chi connectivity index (χ2v) is 5.36. The van der Waals surface area contributed by atoms with E-state index in [0.717, 1.165) is 15.5 Å². The first-order valence-electron chi connectivity index (χ1n) is 6.00. The molecule has 0 amide bonds. The van der Waals surface area contributed by atoms with Gasteiger partial charge in [-0.05, 0) is 48.0 Å². The van der Waals surface area contributed by atoms with Crippen LogP contribution in [0.15, 0.2) is 52.3 Å². The normalized spacial score (nSPS) is 10.2. The van der Waals surface area contributed by atoms with Gasteiger partial charge in [-0.15, -0.1) is 0 Å². The highest BCUT2D eigenvalue weighted by molar-refractivity contribution is 7.99. The number of methoxy groups -OCH3 is 1. The average Bonchev–Trinajstić information content (AvgIpc) is 2.43. The number of carboxylic acid groups (broad SMARTS) is 1. The molecule has 2 aromatic carbocycles. The Bertz CT molecular complexity index is 611. The average molecular weight is 289 g/mol. The number of carbonyl (C=O) groups is 1. The van der Waals surface area contributed by atoms with Crippen molar-refractivity contribution in [3.8, 4) is 5.75 Å². The molecular weight excluding hydrogens is 274 g/mol. The second-order valence-electron chi connectivity index (χ2n) is 4.21. The Hall–Kier alpha value is -2.14. The van der Waals surface area contributed by atoms with E-state index in [1.165, 1.54) is 0 Å². The van der Waals surface area contributed by atoms with Gasteiger partial charge in [0.1, 0.15) is 5.75 Å². The van der Waals surface area contributed by atoms with Gasteiger partial charge in [0.05, 0.1) is 13.5 Å². The molecule has 2 rings (SSSR count). The summed E-state index contributed by atoms with van der Waals surface area (Å²) in [5.41, 5.74) is 6.92. The van der Waals surface area contributed by atoms with Crippen LogP contribution in [0.5, 0.6) is 5.75 Å². The summed E-state index contributed by atoms with van der Waals surface area (Å²) in [4.78, 5) is 12.8. The third kappa shape index (κ3) is 3.68. The van der Waals surface area contributed by atoms with E-state index in [4.69, 9.17) is 15.6 Å². The minimum atomic E-state index is -0.886. The number of nitrogens with two attached hydrogens (primary N) is 1. The molecule has 0 unspecified atom stereocenters.